The highest BCUT2D eigenvalue weighted by Gasteiger charge is 2.13. The van der Waals surface area contributed by atoms with Gasteiger partial charge in [0.15, 0.2) is 23.0 Å². The van der Waals surface area contributed by atoms with Crippen molar-refractivity contribution in [2.24, 2.45) is 0 Å². The van der Waals surface area contributed by atoms with Crippen LogP contribution in [0, 0.1) is 5.82 Å². The van der Waals surface area contributed by atoms with E-state index in [0.717, 1.165) is 35.4 Å². The first kappa shape index (κ1) is 26.6. The lowest BCUT2D eigenvalue weighted by Gasteiger charge is -2.15. The molecule has 0 aromatic heterocycles. The van der Waals surface area contributed by atoms with Crippen LogP contribution in [-0.2, 0) is 19.6 Å². The van der Waals surface area contributed by atoms with E-state index in [1.165, 1.54) is 12.1 Å². The Morgan fingerprint density at radius 3 is 2.09 bits per heavy atom. The monoisotopic (exact) mass is 495 g/mol. The highest BCUT2D eigenvalue weighted by atomic mass is 35.5. The first-order chi connectivity index (χ1) is 15.5. The highest BCUT2D eigenvalue weighted by molar-refractivity contribution is 6.32. The van der Waals surface area contributed by atoms with E-state index < -0.39 is 0 Å². The van der Waals surface area contributed by atoms with E-state index in [9.17, 15) is 4.39 Å². The second-order valence-corrected chi connectivity index (χ2v) is 7.55. The van der Waals surface area contributed by atoms with Crippen LogP contribution in [0.4, 0.5) is 4.39 Å². The van der Waals surface area contributed by atoms with Crippen LogP contribution in [0.15, 0.2) is 54.6 Å². The van der Waals surface area contributed by atoms with Gasteiger partial charge >= 0.3 is 0 Å². The summed E-state index contributed by atoms with van der Waals surface area (Å²) in [5.74, 6) is 2.17. The van der Waals surface area contributed by atoms with E-state index in [0.29, 0.717) is 28.8 Å². The lowest BCUT2D eigenvalue weighted by molar-refractivity contribution is 0.284. The van der Waals surface area contributed by atoms with Crippen LogP contribution in [0.5, 0.6) is 23.0 Å². The molecule has 0 spiro atoms. The number of hydrogen-bond acceptors (Lipinski definition) is 5. The van der Waals surface area contributed by atoms with Gasteiger partial charge in [0, 0.05) is 6.54 Å². The molecule has 0 amide bonds. The minimum Gasteiger partial charge on any atom is -0.493 e. The second-order valence-electron chi connectivity index (χ2n) is 7.14. The largest absolute Gasteiger partial charge is 0.493 e. The maximum Gasteiger partial charge on any atom is 0.180 e. The summed E-state index contributed by atoms with van der Waals surface area (Å²) in [6, 6.07) is 15.8. The van der Waals surface area contributed by atoms with Crippen molar-refractivity contribution in [2.45, 2.75) is 19.6 Å². The van der Waals surface area contributed by atoms with E-state index in [1.807, 2.05) is 30.3 Å². The SMILES string of the molecule is COc1ccc(CCNCc2cc(Cl)c(OCc3ccc(F)cc3)c(OC)c2)cc1OC.Cl. The fraction of sp³-hybridized carbons (Fsp3) is 0.280. The first-order valence-corrected chi connectivity index (χ1v) is 10.6. The van der Waals surface area contributed by atoms with Crippen molar-refractivity contribution in [1.29, 1.82) is 0 Å². The number of rotatable bonds is 11. The van der Waals surface area contributed by atoms with Crippen LogP contribution in [0.2, 0.25) is 5.02 Å². The average Bonchev–Trinajstić information content (AvgIpc) is 2.81. The van der Waals surface area contributed by atoms with Gasteiger partial charge in [0.25, 0.3) is 0 Å². The summed E-state index contributed by atoms with van der Waals surface area (Å²) < 4.78 is 35.0. The molecule has 8 heteroatoms. The summed E-state index contributed by atoms with van der Waals surface area (Å²) in [5, 5.41) is 3.88. The normalized spacial score (nSPS) is 10.3. The van der Waals surface area contributed by atoms with E-state index >= 15 is 0 Å². The van der Waals surface area contributed by atoms with Gasteiger partial charge in [-0.2, -0.15) is 0 Å². The van der Waals surface area contributed by atoms with Gasteiger partial charge in [0.2, 0.25) is 0 Å². The molecule has 3 aromatic carbocycles. The molecule has 178 valence electrons. The van der Waals surface area contributed by atoms with Crippen molar-refractivity contribution in [3.05, 3.63) is 82.1 Å². The van der Waals surface area contributed by atoms with Gasteiger partial charge in [-0.3, -0.25) is 0 Å². The van der Waals surface area contributed by atoms with Gasteiger partial charge in [-0.05, 0) is 66.1 Å². The Labute approximate surface area is 205 Å². The third kappa shape index (κ3) is 7.42. The third-order valence-electron chi connectivity index (χ3n) is 4.95. The Bertz CT molecular complexity index is 1030. The van der Waals surface area contributed by atoms with Crippen molar-refractivity contribution in [3.63, 3.8) is 0 Å². The van der Waals surface area contributed by atoms with Crippen molar-refractivity contribution < 1.29 is 23.3 Å². The van der Waals surface area contributed by atoms with Gasteiger partial charge in [-0.1, -0.05) is 29.8 Å². The Hall–Kier alpha value is -2.67. The average molecular weight is 496 g/mol. The van der Waals surface area contributed by atoms with Crippen molar-refractivity contribution in [2.75, 3.05) is 27.9 Å². The molecule has 0 unspecified atom stereocenters. The molecule has 0 aliphatic heterocycles. The van der Waals surface area contributed by atoms with E-state index in [1.54, 1.807) is 33.5 Å². The quantitative estimate of drug-likeness (QED) is 0.338. The predicted molar refractivity (Wildman–Crippen MR) is 131 cm³/mol. The molecule has 0 atom stereocenters. The van der Waals surface area contributed by atoms with Gasteiger partial charge in [-0.25, -0.2) is 4.39 Å². The molecule has 1 N–H and O–H groups in total. The van der Waals surface area contributed by atoms with Crippen LogP contribution >= 0.6 is 24.0 Å². The molecule has 0 saturated carbocycles. The van der Waals surface area contributed by atoms with Crippen LogP contribution in [0.1, 0.15) is 16.7 Å². The zero-order valence-electron chi connectivity index (χ0n) is 18.8. The Kier molecular flexibility index (Phi) is 10.6. The smallest absolute Gasteiger partial charge is 0.180 e. The summed E-state index contributed by atoms with van der Waals surface area (Å²) >= 11 is 6.46. The molecule has 3 rings (SSSR count). The number of hydrogen-bond donors (Lipinski definition) is 1. The molecular formula is C25H28Cl2FNO4. The molecule has 3 aromatic rings. The second kappa shape index (κ2) is 13.1. The van der Waals surface area contributed by atoms with Crippen molar-refractivity contribution >= 4 is 24.0 Å². The molecular weight excluding hydrogens is 468 g/mol. The minimum absolute atomic E-state index is 0. The van der Waals surface area contributed by atoms with Gasteiger partial charge in [-0.15, -0.1) is 12.4 Å². The standard InChI is InChI=1S/C25H27ClFNO4.ClH/c1-29-22-9-6-17(13-23(22)30-2)10-11-28-15-19-12-21(26)25(24(14-19)31-3)32-16-18-4-7-20(27)8-5-18;/h4-9,12-14,28H,10-11,15-16H2,1-3H3;1H. The summed E-state index contributed by atoms with van der Waals surface area (Å²) in [6.07, 6.45) is 0.837. The van der Waals surface area contributed by atoms with Crippen LogP contribution in [0.25, 0.3) is 0 Å². The van der Waals surface area contributed by atoms with E-state index in [-0.39, 0.29) is 24.8 Å². The number of ether oxygens (including phenoxy) is 4. The Morgan fingerprint density at radius 2 is 1.42 bits per heavy atom. The minimum atomic E-state index is -0.285. The van der Waals surface area contributed by atoms with E-state index in [2.05, 4.69) is 5.32 Å². The number of halogens is 3. The maximum atomic E-state index is 13.1. The third-order valence-corrected chi connectivity index (χ3v) is 5.23. The highest BCUT2D eigenvalue weighted by Crippen LogP contribution is 2.37. The molecule has 0 fully saturated rings. The van der Waals surface area contributed by atoms with Gasteiger partial charge in [0.1, 0.15) is 12.4 Å². The first-order valence-electron chi connectivity index (χ1n) is 10.2. The molecule has 5 nitrogen and oxygen atoms in total. The van der Waals surface area contributed by atoms with E-state index in [4.69, 9.17) is 30.5 Å². The van der Waals surface area contributed by atoms with Crippen molar-refractivity contribution in [3.8, 4) is 23.0 Å². The van der Waals surface area contributed by atoms with Gasteiger partial charge in [0.05, 0.1) is 26.4 Å². The van der Waals surface area contributed by atoms with Crippen LogP contribution < -0.4 is 24.3 Å². The molecule has 0 aliphatic rings. The number of benzene rings is 3. The maximum absolute atomic E-state index is 13.1. The number of nitrogens with one attached hydrogen (secondary N) is 1. The summed E-state index contributed by atoms with van der Waals surface area (Å²) in [4.78, 5) is 0. The number of methoxy groups -OCH3 is 3. The zero-order valence-corrected chi connectivity index (χ0v) is 20.4. The molecule has 0 radical (unpaired) electrons. The lowest BCUT2D eigenvalue weighted by atomic mass is 10.1. The molecule has 33 heavy (non-hydrogen) atoms. The van der Waals surface area contributed by atoms with Crippen LogP contribution in [-0.4, -0.2) is 27.9 Å². The lowest BCUT2D eigenvalue weighted by Crippen LogP contribution is -2.17. The Balaban J connectivity index is 0.00000385. The van der Waals surface area contributed by atoms with Gasteiger partial charge < -0.3 is 24.3 Å². The molecule has 0 heterocycles. The molecule has 0 aliphatic carbocycles. The summed E-state index contributed by atoms with van der Waals surface area (Å²) in [5.41, 5.74) is 2.97. The van der Waals surface area contributed by atoms with Crippen molar-refractivity contribution in [1.82, 2.24) is 5.32 Å². The fourth-order valence-electron chi connectivity index (χ4n) is 3.25. The zero-order chi connectivity index (χ0) is 22.9. The predicted octanol–water partition coefficient (Wildman–Crippen LogP) is 5.84. The molecule has 0 bridgehead atoms. The van der Waals surface area contributed by atoms with Crippen LogP contribution in [0.3, 0.4) is 0 Å². The topological polar surface area (TPSA) is 49.0 Å². The fourth-order valence-corrected chi connectivity index (χ4v) is 3.54. The molecule has 0 saturated heterocycles. The summed E-state index contributed by atoms with van der Waals surface area (Å²) in [6.45, 7) is 1.67. The summed E-state index contributed by atoms with van der Waals surface area (Å²) in [7, 11) is 4.83. The Morgan fingerprint density at radius 1 is 0.788 bits per heavy atom.